The Balaban J connectivity index is 1.69. The third-order valence-corrected chi connectivity index (χ3v) is 4.38. The molecule has 7 heteroatoms. The number of aromatic nitrogens is 3. The van der Waals surface area contributed by atoms with E-state index in [-0.39, 0.29) is 11.9 Å². The third kappa shape index (κ3) is 2.43. The molecule has 0 radical (unpaired) electrons. The molecule has 2 N–H and O–H groups in total. The Bertz CT molecular complexity index is 485. The van der Waals surface area contributed by atoms with Gasteiger partial charge in [-0.1, -0.05) is 18.1 Å². The van der Waals surface area contributed by atoms with Gasteiger partial charge < -0.3 is 15.3 Å². The normalized spacial score (nSPS) is 27.1. The van der Waals surface area contributed by atoms with Crippen LogP contribution in [-0.2, 0) is 0 Å². The molecule has 2 fully saturated rings. The van der Waals surface area contributed by atoms with Gasteiger partial charge in [-0.3, -0.25) is 4.79 Å². The first kappa shape index (κ1) is 13.5. The molecule has 0 spiro atoms. The van der Waals surface area contributed by atoms with Crippen LogP contribution in [0.3, 0.4) is 0 Å². The molecule has 2 heterocycles. The summed E-state index contributed by atoms with van der Waals surface area (Å²) in [5, 5.41) is 21.2. The molecular formula is C13H21N5O2. The van der Waals surface area contributed by atoms with Gasteiger partial charge in [0.25, 0.3) is 5.91 Å². The standard InChI is InChI=1S/C13H21N5O2/c1-17(11-4-2-3-5-12(11)19)13(20)10-8-18(16-15-10)9-6-14-7-9/h8-9,11-12,14,19H,2-7H2,1H3. The number of carbonyl (C=O) groups excluding carboxylic acids is 1. The fourth-order valence-electron chi connectivity index (χ4n) is 2.89. The fraction of sp³-hybridized carbons (Fsp3) is 0.769. The monoisotopic (exact) mass is 279 g/mol. The highest BCUT2D eigenvalue weighted by molar-refractivity contribution is 5.92. The molecular weight excluding hydrogens is 258 g/mol. The minimum Gasteiger partial charge on any atom is -0.391 e. The Morgan fingerprint density at radius 1 is 1.45 bits per heavy atom. The van der Waals surface area contributed by atoms with E-state index in [2.05, 4.69) is 15.6 Å². The second kappa shape index (κ2) is 5.49. The molecule has 1 aliphatic carbocycles. The Hall–Kier alpha value is -1.47. The minimum absolute atomic E-state index is 0.105. The molecule has 2 unspecified atom stereocenters. The van der Waals surface area contributed by atoms with Crippen molar-refractivity contribution in [1.29, 1.82) is 0 Å². The number of aliphatic hydroxyl groups is 1. The second-order valence-corrected chi connectivity index (χ2v) is 5.73. The van der Waals surface area contributed by atoms with Crippen LogP contribution in [0.4, 0.5) is 0 Å². The van der Waals surface area contributed by atoms with E-state index in [1.165, 1.54) is 0 Å². The Kier molecular flexibility index (Phi) is 3.71. The van der Waals surface area contributed by atoms with Crippen molar-refractivity contribution >= 4 is 5.91 Å². The first-order valence-electron chi connectivity index (χ1n) is 7.24. The maximum Gasteiger partial charge on any atom is 0.276 e. The highest BCUT2D eigenvalue weighted by Gasteiger charge is 2.31. The van der Waals surface area contributed by atoms with Crippen LogP contribution in [-0.4, -0.2) is 63.2 Å². The van der Waals surface area contributed by atoms with Crippen molar-refractivity contribution in [3.63, 3.8) is 0 Å². The van der Waals surface area contributed by atoms with Crippen molar-refractivity contribution in [1.82, 2.24) is 25.2 Å². The van der Waals surface area contributed by atoms with E-state index in [1.54, 1.807) is 22.8 Å². The van der Waals surface area contributed by atoms with E-state index < -0.39 is 6.10 Å². The van der Waals surface area contributed by atoms with E-state index >= 15 is 0 Å². The molecule has 110 valence electrons. The lowest BCUT2D eigenvalue weighted by Gasteiger charge is -2.34. The van der Waals surface area contributed by atoms with Gasteiger partial charge >= 0.3 is 0 Å². The summed E-state index contributed by atoms with van der Waals surface area (Å²) in [4.78, 5) is 14.0. The maximum atomic E-state index is 12.4. The summed E-state index contributed by atoms with van der Waals surface area (Å²) in [6, 6.07) is 0.196. The summed E-state index contributed by atoms with van der Waals surface area (Å²) in [5.41, 5.74) is 0.358. The maximum absolute atomic E-state index is 12.4. The number of nitrogens with zero attached hydrogens (tertiary/aromatic N) is 4. The lowest BCUT2D eigenvalue weighted by Crippen LogP contribution is -2.46. The number of hydrogen-bond donors (Lipinski definition) is 2. The highest BCUT2D eigenvalue weighted by Crippen LogP contribution is 2.23. The average Bonchev–Trinajstić information content (AvgIpc) is 2.85. The molecule has 1 aromatic heterocycles. The van der Waals surface area contributed by atoms with Crippen molar-refractivity contribution in [3.8, 4) is 0 Å². The molecule has 1 saturated heterocycles. The molecule has 3 rings (SSSR count). The molecule has 2 atom stereocenters. The summed E-state index contributed by atoms with van der Waals surface area (Å²) in [6.45, 7) is 1.74. The largest absolute Gasteiger partial charge is 0.391 e. The summed E-state index contributed by atoms with van der Waals surface area (Å²) < 4.78 is 1.74. The Morgan fingerprint density at radius 3 is 2.85 bits per heavy atom. The van der Waals surface area contributed by atoms with Crippen LogP contribution in [0.25, 0.3) is 0 Å². The quantitative estimate of drug-likeness (QED) is 0.800. The topological polar surface area (TPSA) is 83.3 Å². The van der Waals surface area contributed by atoms with Crippen LogP contribution in [0.1, 0.15) is 42.2 Å². The number of amides is 1. The number of likely N-dealkylation sites (N-methyl/N-ethyl adjacent to an activating group) is 1. The zero-order valence-corrected chi connectivity index (χ0v) is 11.7. The SMILES string of the molecule is CN(C(=O)c1cn(C2CNC2)nn1)C1CCCCC1O. The number of aliphatic hydroxyl groups excluding tert-OH is 1. The lowest BCUT2D eigenvalue weighted by atomic mass is 9.91. The molecule has 1 aromatic rings. The van der Waals surface area contributed by atoms with Crippen molar-refractivity contribution in [3.05, 3.63) is 11.9 Å². The summed E-state index contributed by atoms with van der Waals surface area (Å²) >= 11 is 0. The molecule has 0 bridgehead atoms. The van der Waals surface area contributed by atoms with Crippen LogP contribution < -0.4 is 5.32 Å². The van der Waals surface area contributed by atoms with Crippen LogP contribution in [0.15, 0.2) is 6.20 Å². The van der Waals surface area contributed by atoms with Gasteiger partial charge in [-0.25, -0.2) is 4.68 Å². The number of nitrogens with one attached hydrogen (secondary N) is 1. The molecule has 20 heavy (non-hydrogen) atoms. The summed E-state index contributed by atoms with van der Waals surface area (Å²) in [6.07, 6.45) is 4.99. The van der Waals surface area contributed by atoms with Crippen molar-refractivity contribution in [2.24, 2.45) is 0 Å². The lowest BCUT2D eigenvalue weighted by molar-refractivity contribution is 0.0264. The van der Waals surface area contributed by atoms with E-state index in [0.717, 1.165) is 38.8 Å². The fourth-order valence-corrected chi connectivity index (χ4v) is 2.89. The van der Waals surface area contributed by atoms with Crippen LogP contribution >= 0.6 is 0 Å². The van der Waals surface area contributed by atoms with E-state index in [0.29, 0.717) is 11.7 Å². The first-order valence-corrected chi connectivity index (χ1v) is 7.24. The summed E-state index contributed by atoms with van der Waals surface area (Å²) in [5.74, 6) is -0.158. The summed E-state index contributed by atoms with van der Waals surface area (Å²) in [7, 11) is 1.74. The Labute approximate surface area is 117 Å². The molecule has 2 aliphatic rings. The van der Waals surface area contributed by atoms with Crippen LogP contribution in [0.5, 0.6) is 0 Å². The minimum atomic E-state index is -0.427. The van der Waals surface area contributed by atoms with E-state index in [4.69, 9.17) is 0 Å². The smallest absolute Gasteiger partial charge is 0.276 e. The molecule has 1 saturated carbocycles. The molecule has 0 aromatic carbocycles. The van der Waals surface area contributed by atoms with Gasteiger partial charge in [-0.2, -0.15) is 0 Å². The van der Waals surface area contributed by atoms with Gasteiger partial charge in [0.2, 0.25) is 0 Å². The zero-order valence-electron chi connectivity index (χ0n) is 11.7. The average molecular weight is 279 g/mol. The molecule has 7 nitrogen and oxygen atoms in total. The van der Waals surface area contributed by atoms with Gasteiger partial charge in [0.1, 0.15) is 0 Å². The van der Waals surface area contributed by atoms with Gasteiger partial charge in [0.05, 0.1) is 24.4 Å². The third-order valence-electron chi connectivity index (χ3n) is 4.38. The van der Waals surface area contributed by atoms with Gasteiger partial charge in [-0.15, -0.1) is 5.10 Å². The van der Waals surface area contributed by atoms with Crippen molar-refractivity contribution in [2.75, 3.05) is 20.1 Å². The Morgan fingerprint density at radius 2 is 2.20 bits per heavy atom. The second-order valence-electron chi connectivity index (χ2n) is 5.73. The zero-order chi connectivity index (χ0) is 14.1. The van der Waals surface area contributed by atoms with Crippen LogP contribution in [0.2, 0.25) is 0 Å². The highest BCUT2D eigenvalue weighted by atomic mass is 16.3. The molecule has 1 amide bonds. The van der Waals surface area contributed by atoms with Gasteiger partial charge in [-0.05, 0) is 12.8 Å². The predicted octanol–water partition coefficient (Wildman–Crippen LogP) is -0.202. The van der Waals surface area contributed by atoms with Gasteiger partial charge in [0.15, 0.2) is 5.69 Å². The van der Waals surface area contributed by atoms with Crippen LogP contribution in [0, 0.1) is 0 Å². The number of hydrogen-bond acceptors (Lipinski definition) is 5. The van der Waals surface area contributed by atoms with Gasteiger partial charge in [0, 0.05) is 20.1 Å². The van der Waals surface area contributed by atoms with E-state index in [1.807, 2.05) is 0 Å². The first-order chi connectivity index (χ1) is 9.66. The predicted molar refractivity (Wildman–Crippen MR) is 72.3 cm³/mol. The number of carbonyl (C=O) groups is 1. The van der Waals surface area contributed by atoms with E-state index in [9.17, 15) is 9.90 Å². The van der Waals surface area contributed by atoms with Crippen molar-refractivity contribution in [2.45, 2.75) is 43.9 Å². The number of rotatable bonds is 3. The van der Waals surface area contributed by atoms with Crippen molar-refractivity contribution < 1.29 is 9.90 Å². The molecule has 1 aliphatic heterocycles.